The molecular weight excluding hydrogens is 582 g/mol. The second-order valence-corrected chi connectivity index (χ2v) is 14.2. The summed E-state index contributed by atoms with van der Waals surface area (Å²) in [6, 6.07) is 17.9. The largest absolute Gasteiger partial charge is 0.394 e. The van der Waals surface area contributed by atoms with Crippen molar-refractivity contribution in [3.8, 4) is 0 Å². The molecule has 8 heteroatoms. The Balaban J connectivity index is 1.59. The Labute approximate surface area is 272 Å². The molecule has 0 saturated carbocycles. The summed E-state index contributed by atoms with van der Waals surface area (Å²) < 4.78 is -0.774. The van der Waals surface area contributed by atoms with E-state index in [-0.39, 0.29) is 35.5 Å². The van der Waals surface area contributed by atoms with Crippen LogP contribution in [0.1, 0.15) is 45.1 Å². The molecule has 5 rings (SSSR count). The van der Waals surface area contributed by atoms with Crippen molar-refractivity contribution in [2.24, 2.45) is 17.8 Å². The number of likely N-dealkylation sites (tertiary alicyclic amines) is 1. The van der Waals surface area contributed by atoms with E-state index in [1.807, 2.05) is 65.6 Å². The minimum Gasteiger partial charge on any atom is -0.394 e. The molecule has 0 aromatic heterocycles. The number of thioether (sulfide) groups is 1. The van der Waals surface area contributed by atoms with E-state index in [1.165, 1.54) is 0 Å². The number of carbonyl (C=O) groups excluding carboxylic acids is 3. The van der Waals surface area contributed by atoms with E-state index in [9.17, 15) is 19.5 Å². The fourth-order valence-corrected chi connectivity index (χ4v) is 10.4. The number of carbonyl (C=O) groups is 3. The van der Waals surface area contributed by atoms with Crippen molar-refractivity contribution >= 4 is 35.2 Å². The van der Waals surface area contributed by atoms with Crippen LogP contribution < -0.4 is 4.90 Å². The highest BCUT2D eigenvalue weighted by Gasteiger charge is 2.77. The van der Waals surface area contributed by atoms with Gasteiger partial charge in [-0.2, -0.15) is 0 Å². The normalized spacial score (nSPS) is 27.2. The van der Waals surface area contributed by atoms with Gasteiger partial charge < -0.3 is 19.8 Å². The fourth-order valence-electron chi connectivity index (χ4n) is 7.96. The number of rotatable bonds is 15. The van der Waals surface area contributed by atoms with Gasteiger partial charge >= 0.3 is 0 Å². The van der Waals surface area contributed by atoms with Crippen molar-refractivity contribution in [1.29, 1.82) is 0 Å². The molecule has 2 aromatic carbocycles. The number of aliphatic hydroxyl groups excluding tert-OH is 1. The SMILES string of the molecule is C=CCN(CCCCC)C(=O)C1N([C@@H](CO)Cc2ccccc2)C(=O)[C@@H]2[C@@H](C(=O)N(CC=C)c3ccccc3)[C@H]3CC(C)C12S3. The molecule has 45 heavy (non-hydrogen) atoms. The summed E-state index contributed by atoms with van der Waals surface area (Å²) in [4.78, 5) is 49.6. The number of aliphatic hydroxyl groups is 1. The maximum atomic E-state index is 14.9. The topological polar surface area (TPSA) is 81.2 Å². The molecule has 3 saturated heterocycles. The smallest absolute Gasteiger partial charge is 0.247 e. The average Bonchev–Trinajstić information content (AvgIpc) is 3.66. The van der Waals surface area contributed by atoms with Crippen LogP contribution in [0.15, 0.2) is 86.0 Å². The third kappa shape index (κ3) is 5.99. The predicted octanol–water partition coefficient (Wildman–Crippen LogP) is 5.35. The van der Waals surface area contributed by atoms with Crippen LogP contribution in [0, 0.1) is 17.8 Å². The van der Waals surface area contributed by atoms with Crippen molar-refractivity contribution in [3.63, 3.8) is 0 Å². The predicted molar refractivity (Wildman–Crippen MR) is 182 cm³/mol. The van der Waals surface area contributed by atoms with E-state index >= 15 is 0 Å². The Bertz CT molecular complexity index is 1370. The number of unbranched alkanes of at least 4 members (excludes halogenated alkanes) is 2. The molecule has 3 amide bonds. The minimum atomic E-state index is -0.787. The highest BCUT2D eigenvalue weighted by atomic mass is 32.2. The van der Waals surface area contributed by atoms with Gasteiger partial charge in [0.1, 0.15) is 6.04 Å². The molecule has 0 aliphatic carbocycles. The molecule has 3 heterocycles. The summed E-state index contributed by atoms with van der Waals surface area (Å²) in [5, 5.41) is 10.8. The quantitative estimate of drug-likeness (QED) is 0.212. The lowest BCUT2D eigenvalue weighted by atomic mass is 9.65. The molecule has 0 radical (unpaired) electrons. The van der Waals surface area contributed by atoms with E-state index < -0.39 is 28.7 Å². The van der Waals surface area contributed by atoms with Crippen LogP contribution in [0.4, 0.5) is 5.69 Å². The molecular formula is C37H47N3O4S. The first-order chi connectivity index (χ1) is 21.8. The average molecular weight is 630 g/mol. The van der Waals surface area contributed by atoms with Crippen LogP contribution in [0.2, 0.25) is 0 Å². The van der Waals surface area contributed by atoms with Crippen molar-refractivity contribution in [3.05, 3.63) is 91.5 Å². The maximum absolute atomic E-state index is 14.9. The molecule has 2 aromatic rings. The fraction of sp³-hybridized carbons (Fsp3) is 0.486. The van der Waals surface area contributed by atoms with Crippen LogP contribution in [0.25, 0.3) is 0 Å². The molecule has 240 valence electrons. The van der Waals surface area contributed by atoms with Crippen molar-refractivity contribution < 1.29 is 19.5 Å². The lowest BCUT2D eigenvalue weighted by Gasteiger charge is -2.42. The first-order valence-corrected chi connectivity index (χ1v) is 17.2. The number of hydrogen-bond acceptors (Lipinski definition) is 5. The van der Waals surface area contributed by atoms with Gasteiger partial charge in [-0.3, -0.25) is 14.4 Å². The van der Waals surface area contributed by atoms with E-state index in [0.29, 0.717) is 26.1 Å². The van der Waals surface area contributed by atoms with E-state index in [0.717, 1.165) is 36.9 Å². The van der Waals surface area contributed by atoms with Crippen LogP contribution in [0.5, 0.6) is 0 Å². The summed E-state index contributed by atoms with van der Waals surface area (Å²) in [6.07, 6.45) is 7.51. The molecule has 1 N–H and O–H groups in total. The number of amides is 3. The second kappa shape index (κ2) is 14.4. The summed E-state index contributed by atoms with van der Waals surface area (Å²) in [7, 11) is 0. The zero-order valence-corrected chi connectivity index (χ0v) is 27.4. The van der Waals surface area contributed by atoms with Gasteiger partial charge in [-0.25, -0.2) is 0 Å². The molecule has 3 fully saturated rings. The Morgan fingerprint density at radius 1 is 1.04 bits per heavy atom. The van der Waals surface area contributed by atoms with Gasteiger partial charge in [-0.1, -0.05) is 87.4 Å². The molecule has 1 spiro atoms. The Hall–Kier alpha value is -3.36. The summed E-state index contributed by atoms with van der Waals surface area (Å²) in [6.45, 7) is 13.1. The Morgan fingerprint density at radius 3 is 2.33 bits per heavy atom. The van der Waals surface area contributed by atoms with Crippen molar-refractivity contribution in [1.82, 2.24) is 9.80 Å². The zero-order chi connectivity index (χ0) is 32.1. The summed E-state index contributed by atoms with van der Waals surface area (Å²) in [5.74, 6) is -1.61. The highest BCUT2D eigenvalue weighted by molar-refractivity contribution is 8.02. The van der Waals surface area contributed by atoms with Gasteiger partial charge in [0.25, 0.3) is 0 Å². The lowest BCUT2D eigenvalue weighted by molar-refractivity contribution is -0.145. The van der Waals surface area contributed by atoms with E-state index in [1.54, 1.807) is 33.7 Å². The van der Waals surface area contributed by atoms with Gasteiger partial charge in [0.15, 0.2) is 0 Å². The molecule has 2 bridgehead atoms. The monoisotopic (exact) mass is 629 g/mol. The Kier molecular flexibility index (Phi) is 10.6. The van der Waals surface area contributed by atoms with Crippen molar-refractivity contribution in [2.75, 3.05) is 31.1 Å². The zero-order valence-electron chi connectivity index (χ0n) is 26.6. The minimum absolute atomic E-state index is 0.0336. The molecule has 7 nitrogen and oxygen atoms in total. The lowest BCUT2D eigenvalue weighted by Crippen LogP contribution is -2.59. The molecule has 3 unspecified atom stereocenters. The number of hydrogen-bond donors (Lipinski definition) is 1. The van der Waals surface area contributed by atoms with E-state index in [4.69, 9.17) is 0 Å². The van der Waals surface area contributed by atoms with Crippen LogP contribution in [-0.4, -0.2) is 80.9 Å². The van der Waals surface area contributed by atoms with Crippen LogP contribution in [-0.2, 0) is 20.8 Å². The highest BCUT2D eigenvalue weighted by Crippen LogP contribution is 2.69. The number of anilines is 1. The van der Waals surface area contributed by atoms with Crippen LogP contribution >= 0.6 is 11.8 Å². The third-order valence-electron chi connectivity index (χ3n) is 9.96. The van der Waals surface area contributed by atoms with Gasteiger partial charge in [0.05, 0.1) is 29.2 Å². The molecule has 3 aliphatic heterocycles. The first-order valence-electron chi connectivity index (χ1n) is 16.4. The maximum Gasteiger partial charge on any atom is 0.247 e. The standard InChI is InChI=1S/C37H47N3O4S/c1-5-8-15-22-38(20-6-2)36(44)33-37-26(4)23-30(45-37)31(34(42)39(21-7-3)28-18-13-10-14-19-28)32(37)35(43)40(33)29(25-41)24-27-16-11-9-12-17-27/h6-7,9-14,16-19,26,29-33,41H,2-3,5,8,15,20-25H2,1,4H3/t26?,29-,30-,31+,32+,33?,37?/m1/s1. The summed E-state index contributed by atoms with van der Waals surface area (Å²) in [5.41, 5.74) is 1.74. The molecule has 3 aliphatic rings. The summed E-state index contributed by atoms with van der Waals surface area (Å²) >= 11 is 1.68. The van der Waals surface area contributed by atoms with Gasteiger partial charge in [0.2, 0.25) is 17.7 Å². The molecule has 7 atom stereocenters. The third-order valence-corrected chi connectivity index (χ3v) is 12.0. The van der Waals surface area contributed by atoms with Gasteiger partial charge in [-0.15, -0.1) is 24.9 Å². The Morgan fingerprint density at radius 2 is 1.71 bits per heavy atom. The first kappa shape index (κ1) is 33.0. The number of para-hydroxylation sites is 1. The number of nitrogens with zero attached hydrogens (tertiary/aromatic N) is 3. The number of fused-ring (bicyclic) bond motifs is 1. The number of benzene rings is 2. The van der Waals surface area contributed by atoms with E-state index in [2.05, 4.69) is 27.0 Å². The van der Waals surface area contributed by atoms with Crippen LogP contribution in [0.3, 0.4) is 0 Å². The second-order valence-electron chi connectivity index (χ2n) is 12.7. The van der Waals surface area contributed by atoms with Gasteiger partial charge in [0, 0.05) is 30.6 Å². The van der Waals surface area contributed by atoms with Gasteiger partial charge in [-0.05, 0) is 42.9 Å². The van der Waals surface area contributed by atoms with Crippen molar-refractivity contribution in [2.45, 2.75) is 68.0 Å².